The fraction of sp³-hybridized carbons (Fsp3) is 0.0769. The Bertz CT molecular complexity index is 531. The van der Waals surface area contributed by atoms with E-state index < -0.39 is 0 Å². The van der Waals surface area contributed by atoms with E-state index in [2.05, 4.69) is 0 Å². The van der Waals surface area contributed by atoms with Crippen LogP contribution in [0.1, 0.15) is 5.56 Å². The summed E-state index contributed by atoms with van der Waals surface area (Å²) in [6.45, 7) is 0.406. The molecule has 2 aromatic carbocycles. The molecule has 88 valence electrons. The summed E-state index contributed by atoms with van der Waals surface area (Å²) in [5, 5.41) is 0.619. The molecule has 4 heteroatoms. The average molecular weight is 268 g/mol. The van der Waals surface area contributed by atoms with Crippen LogP contribution in [0.5, 0.6) is 0 Å². The van der Waals surface area contributed by atoms with Gasteiger partial charge in [-0.2, -0.15) is 0 Å². The van der Waals surface area contributed by atoms with Gasteiger partial charge >= 0.3 is 0 Å². The minimum Gasteiger partial charge on any atom is -0.326 e. The normalized spacial score (nSPS) is 10.5. The molecule has 0 radical (unpaired) electrons. The highest BCUT2D eigenvalue weighted by atomic mass is 35.5. The van der Waals surface area contributed by atoms with Crippen molar-refractivity contribution in [2.45, 2.75) is 16.3 Å². The van der Waals surface area contributed by atoms with E-state index in [1.54, 1.807) is 24.3 Å². The molecule has 0 amide bonds. The van der Waals surface area contributed by atoms with Gasteiger partial charge in [0.1, 0.15) is 5.82 Å². The number of hydrogen-bond acceptors (Lipinski definition) is 2. The Kier molecular flexibility index (Phi) is 4.05. The number of benzene rings is 2. The van der Waals surface area contributed by atoms with E-state index in [-0.39, 0.29) is 5.82 Å². The minimum absolute atomic E-state index is 0.225. The number of halogens is 2. The first-order valence-corrected chi connectivity index (χ1v) is 6.31. The fourth-order valence-electron chi connectivity index (χ4n) is 1.41. The van der Waals surface area contributed by atoms with Crippen molar-refractivity contribution in [3.05, 3.63) is 58.9 Å². The number of nitrogens with two attached hydrogens (primary N) is 1. The van der Waals surface area contributed by atoms with Crippen LogP contribution in [0.2, 0.25) is 5.02 Å². The van der Waals surface area contributed by atoms with Gasteiger partial charge < -0.3 is 5.73 Å². The van der Waals surface area contributed by atoms with Gasteiger partial charge in [0.05, 0.1) is 0 Å². The van der Waals surface area contributed by atoms with E-state index in [1.165, 1.54) is 17.8 Å². The molecule has 0 saturated carbocycles. The molecule has 0 aliphatic carbocycles. The van der Waals surface area contributed by atoms with Crippen molar-refractivity contribution in [3.63, 3.8) is 0 Å². The molecule has 2 rings (SSSR count). The zero-order valence-electron chi connectivity index (χ0n) is 8.99. The van der Waals surface area contributed by atoms with Crippen LogP contribution in [0.3, 0.4) is 0 Å². The lowest BCUT2D eigenvalue weighted by Crippen LogP contribution is -1.96. The van der Waals surface area contributed by atoms with Crippen molar-refractivity contribution in [1.29, 1.82) is 0 Å². The number of rotatable bonds is 3. The summed E-state index contributed by atoms with van der Waals surface area (Å²) in [5.41, 5.74) is 6.42. The second kappa shape index (κ2) is 5.54. The highest BCUT2D eigenvalue weighted by Gasteiger charge is 2.05. The summed E-state index contributed by atoms with van der Waals surface area (Å²) in [7, 11) is 0. The third kappa shape index (κ3) is 3.00. The lowest BCUT2D eigenvalue weighted by atomic mass is 10.2. The molecule has 2 aromatic rings. The first-order valence-electron chi connectivity index (χ1n) is 5.11. The lowest BCUT2D eigenvalue weighted by Gasteiger charge is -2.06. The van der Waals surface area contributed by atoms with Crippen LogP contribution in [0, 0.1) is 5.82 Å². The smallest absolute Gasteiger partial charge is 0.137 e. The van der Waals surface area contributed by atoms with Crippen LogP contribution in [0.15, 0.2) is 52.3 Å². The van der Waals surface area contributed by atoms with Gasteiger partial charge in [-0.3, -0.25) is 0 Å². The maximum Gasteiger partial charge on any atom is 0.137 e. The summed E-state index contributed by atoms with van der Waals surface area (Å²) >= 11 is 7.40. The zero-order valence-corrected chi connectivity index (χ0v) is 10.6. The second-order valence-corrected chi connectivity index (χ2v) is 5.01. The third-order valence-corrected chi connectivity index (χ3v) is 3.70. The average Bonchev–Trinajstić information content (AvgIpc) is 2.32. The van der Waals surface area contributed by atoms with Gasteiger partial charge in [0.2, 0.25) is 0 Å². The Morgan fingerprint density at radius 3 is 2.59 bits per heavy atom. The van der Waals surface area contributed by atoms with Crippen molar-refractivity contribution < 1.29 is 4.39 Å². The molecule has 1 nitrogen and oxygen atoms in total. The Morgan fingerprint density at radius 1 is 1.18 bits per heavy atom. The topological polar surface area (TPSA) is 26.0 Å². The van der Waals surface area contributed by atoms with E-state index in [0.29, 0.717) is 16.5 Å². The zero-order chi connectivity index (χ0) is 12.3. The molecule has 0 aliphatic rings. The van der Waals surface area contributed by atoms with Crippen LogP contribution in [0.4, 0.5) is 4.39 Å². The maximum absolute atomic E-state index is 13.4. The lowest BCUT2D eigenvalue weighted by molar-refractivity contribution is 0.602. The van der Waals surface area contributed by atoms with Crippen molar-refractivity contribution in [1.82, 2.24) is 0 Å². The molecule has 0 bridgehead atoms. The minimum atomic E-state index is -0.225. The van der Waals surface area contributed by atoms with Crippen molar-refractivity contribution in [2.24, 2.45) is 5.73 Å². The molecule has 2 N–H and O–H groups in total. The van der Waals surface area contributed by atoms with E-state index >= 15 is 0 Å². The summed E-state index contributed by atoms with van der Waals surface area (Å²) in [4.78, 5) is 1.49. The monoisotopic (exact) mass is 267 g/mol. The van der Waals surface area contributed by atoms with Gasteiger partial charge in [0.25, 0.3) is 0 Å². The Hall–Kier alpha value is -1.03. The predicted molar refractivity (Wildman–Crippen MR) is 69.9 cm³/mol. The maximum atomic E-state index is 13.4. The van der Waals surface area contributed by atoms with E-state index in [0.717, 1.165) is 10.5 Å². The van der Waals surface area contributed by atoms with Gasteiger partial charge in [-0.15, -0.1) is 0 Å². The molecule has 17 heavy (non-hydrogen) atoms. The Morgan fingerprint density at radius 2 is 1.94 bits per heavy atom. The summed E-state index contributed by atoms with van der Waals surface area (Å²) in [6.07, 6.45) is 0. The molecule has 0 aromatic heterocycles. The summed E-state index contributed by atoms with van der Waals surface area (Å²) in [5.74, 6) is -0.225. The Labute approximate surface area is 109 Å². The highest BCUT2D eigenvalue weighted by Crippen LogP contribution is 2.32. The molecular formula is C13H11ClFNS. The van der Waals surface area contributed by atoms with Crippen LogP contribution in [-0.2, 0) is 6.54 Å². The molecule has 0 heterocycles. The van der Waals surface area contributed by atoms with Gasteiger partial charge in [-0.05, 0) is 29.8 Å². The first kappa shape index (κ1) is 12.4. The van der Waals surface area contributed by atoms with Crippen molar-refractivity contribution >= 4 is 23.4 Å². The third-order valence-electron chi connectivity index (χ3n) is 2.31. The molecule has 0 spiro atoms. The molecular weight excluding hydrogens is 257 g/mol. The Balaban J connectivity index is 2.25. The van der Waals surface area contributed by atoms with Crippen LogP contribution in [-0.4, -0.2) is 0 Å². The fourth-order valence-corrected chi connectivity index (χ4v) is 2.61. The molecule has 0 atom stereocenters. The summed E-state index contributed by atoms with van der Waals surface area (Å²) in [6, 6.07) is 12.2. The molecule has 0 aliphatic heterocycles. The van der Waals surface area contributed by atoms with E-state index in [1.807, 2.05) is 12.1 Å². The molecule has 0 saturated heterocycles. The molecule has 0 unspecified atom stereocenters. The van der Waals surface area contributed by atoms with Gasteiger partial charge in [0, 0.05) is 21.4 Å². The van der Waals surface area contributed by atoms with Crippen LogP contribution in [0.25, 0.3) is 0 Å². The first-order chi connectivity index (χ1) is 8.20. The van der Waals surface area contributed by atoms with E-state index in [9.17, 15) is 4.39 Å². The van der Waals surface area contributed by atoms with E-state index in [4.69, 9.17) is 17.3 Å². The highest BCUT2D eigenvalue weighted by molar-refractivity contribution is 7.99. The largest absolute Gasteiger partial charge is 0.326 e. The van der Waals surface area contributed by atoms with Gasteiger partial charge in [-0.25, -0.2) is 4.39 Å². The van der Waals surface area contributed by atoms with Crippen LogP contribution < -0.4 is 5.73 Å². The summed E-state index contributed by atoms with van der Waals surface area (Å²) < 4.78 is 13.4. The van der Waals surface area contributed by atoms with Gasteiger partial charge in [0.15, 0.2) is 0 Å². The quantitative estimate of drug-likeness (QED) is 0.906. The van der Waals surface area contributed by atoms with Crippen LogP contribution >= 0.6 is 23.4 Å². The SMILES string of the molecule is NCc1ccc(Sc2ccccc2F)cc1Cl. The molecule has 0 fully saturated rings. The van der Waals surface area contributed by atoms with Crippen molar-refractivity contribution in [3.8, 4) is 0 Å². The number of hydrogen-bond donors (Lipinski definition) is 1. The standard InChI is InChI=1S/C13H11ClFNS/c14-11-7-10(6-5-9(11)8-16)17-13-4-2-1-3-12(13)15/h1-7H,8,16H2. The second-order valence-electron chi connectivity index (χ2n) is 3.49. The van der Waals surface area contributed by atoms with Gasteiger partial charge in [-0.1, -0.05) is 41.6 Å². The predicted octanol–water partition coefficient (Wildman–Crippen LogP) is 4.09. The van der Waals surface area contributed by atoms with Crippen molar-refractivity contribution in [2.75, 3.05) is 0 Å².